The molecule has 15 heavy (non-hydrogen) atoms. The van der Waals surface area contributed by atoms with E-state index in [0.29, 0.717) is 0 Å². The summed E-state index contributed by atoms with van der Waals surface area (Å²) < 4.78 is 16.4. The van der Waals surface area contributed by atoms with E-state index < -0.39 is 0 Å². The van der Waals surface area contributed by atoms with Gasteiger partial charge >= 0.3 is 0 Å². The first-order chi connectivity index (χ1) is 7.43. The Labute approximate surface area is 101 Å². The van der Waals surface area contributed by atoms with Crippen molar-refractivity contribution in [3.8, 4) is 0 Å². The zero-order valence-corrected chi connectivity index (χ0v) is 10.8. The van der Waals surface area contributed by atoms with Crippen LogP contribution in [-0.4, -0.2) is 38.0 Å². The van der Waals surface area contributed by atoms with Crippen LogP contribution in [0.1, 0.15) is 32.1 Å². The zero-order valence-electron chi connectivity index (χ0n) is 9.25. The number of hydrogen-bond acceptors (Lipinski definition) is 3. The summed E-state index contributed by atoms with van der Waals surface area (Å²) in [7, 11) is 0. The topological polar surface area (TPSA) is 27.7 Å². The molecule has 1 fully saturated rings. The first kappa shape index (κ1) is 13.4. The molecule has 1 aliphatic heterocycles. The van der Waals surface area contributed by atoms with E-state index in [1.807, 2.05) is 0 Å². The molecular formula is C11H21BrO3. The highest BCUT2D eigenvalue weighted by Gasteiger charge is 2.13. The van der Waals surface area contributed by atoms with Gasteiger partial charge in [-0.1, -0.05) is 15.9 Å². The van der Waals surface area contributed by atoms with Gasteiger partial charge in [0.25, 0.3) is 0 Å². The second-order valence-electron chi connectivity index (χ2n) is 3.68. The fourth-order valence-electron chi connectivity index (χ4n) is 1.48. The second-order valence-corrected chi connectivity index (χ2v) is 4.47. The Morgan fingerprint density at radius 3 is 2.73 bits per heavy atom. The molecule has 1 aliphatic rings. The van der Waals surface area contributed by atoms with E-state index in [4.69, 9.17) is 14.2 Å². The second kappa shape index (κ2) is 9.58. The van der Waals surface area contributed by atoms with Crippen LogP contribution in [-0.2, 0) is 14.2 Å². The van der Waals surface area contributed by atoms with Crippen molar-refractivity contribution in [2.24, 2.45) is 0 Å². The van der Waals surface area contributed by atoms with Gasteiger partial charge in [0.1, 0.15) is 0 Å². The molecule has 1 rings (SSSR count). The third kappa shape index (κ3) is 7.28. The Balaban J connectivity index is 1.79. The summed E-state index contributed by atoms with van der Waals surface area (Å²) in [6.07, 6.45) is 5.53. The van der Waals surface area contributed by atoms with Crippen LogP contribution in [0.4, 0.5) is 0 Å². The van der Waals surface area contributed by atoms with Crippen LogP contribution in [0, 0.1) is 0 Å². The van der Waals surface area contributed by atoms with Crippen molar-refractivity contribution in [2.45, 2.75) is 38.4 Å². The predicted octanol–water partition coefficient (Wildman–Crippen LogP) is 2.72. The summed E-state index contributed by atoms with van der Waals surface area (Å²) in [5, 5.41) is 1.01. The van der Waals surface area contributed by atoms with Gasteiger partial charge in [0.05, 0.1) is 6.61 Å². The maximum Gasteiger partial charge on any atom is 0.157 e. The van der Waals surface area contributed by atoms with Gasteiger partial charge in [0, 0.05) is 25.2 Å². The molecule has 1 heterocycles. The minimum atomic E-state index is 0.0429. The summed E-state index contributed by atoms with van der Waals surface area (Å²) in [6.45, 7) is 3.23. The molecule has 90 valence electrons. The molecule has 0 aromatic carbocycles. The lowest BCUT2D eigenvalue weighted by Gasteiger charge is -2.22. The van der Waals surface area contributed by atoms with E-state index in [0.717, 1.165) is 51.0 Å². The maximum atomic E-state index is 5.58. The third-order valence-electron chi connectivity index (χ3n) is 2.30. The molecular weight excluding hydrogens is 260 g/mol. The minimum Gasteiger partial charge on any atom is -0.381 e. The smallest absolute Gasteiger partial charge is 0.157 e. The molecule has 0 N–H and O–H groups in total. The molecule has 0 aromatic heterocycles. The van der Waals surface area contributed by atoms with E-state index in [1.165, 1.54) is 12.8 Å². The molecule has 1 unspecified atom stereocenters. The fourth-order valence-corrected chi connectivity index (χ4v) is 1.71. The Kier molecular flexibility index (Phi) is 8.57. The lowest BCUT2D eigenvalue weighted by molar-refractivity contribution is -0.164. The van der Waals surface area contributed by atoms with Crippen molar-refractivity contribution in [3.05, 3.63) is 0 Å². The van der Waals surface area contributed by atoms with Crippen LogP contribution in [0.2, 0.25) is 0 Å². The Morgan fingerprint density at radius 1 is 1.13 bits per heavy atom. The van der Waals surface area contributed by atoms with Gasteiger partial charge in [-0.3, -0.25) is 0 Å². The van der Waals surface area contributed by atoms with E-state index in [1.54, 1.807) is 0 Å². The first-order valence-corrected chi connectivity index (χ1v) is 6.92. The lowest BCUT2D eigenvalue weighted by atomic mass is 10.2. The van der Waals surface area contributed by atoms with Gasteiger partial charge in [-0.05, 0) is 32.1 Å². The summed E-state index contributed by atoms with van der Waals surface area (Å²) in [5.41, 5.74) is 0. The standard InChI is InChI=1S/C11H21BrO3/c12-6-3-7-13-8-4-10-15-11-5-1-2-9-14-11/h11H,1-10H2. The van der Waals surface area contributed by atoms with E-state index >= 15 is 0 Å². The van der Waals surface area contributed by atoms with Gasteiger partial charge in [-0.15, -0.1) is 0 Å². The molecule has 0 aliphatic carbocycles. The first-order valence-electron chi connectivity index (χ1n) is 5.80. The number of hydrogen-bond donors (Lipinski definition) is 0. The van der Waals surface area contributed by atoms with Crippen molar-refractivity contribution in [2.75, 3.05) is 31.8 Å². The Bertz CT molecular complexity index is 138. The third-order valence-corrected chi connectivity index (χ3v) is 2.86. The van der Waals surface area contributed by atoms with E-state index in [9.17, 15) is 0 Å². The van der Waals surface area contributed by atoms with Crippen molar-refractivity contribution in [1.82, 2.24) is 0 Å². The highest BCUT2D eigenvalue weighted by atomic mass is 79.9. The highest BCUT2D eigenvalue weighted by Crippen LogP contribution is 2.13. The molecule has 1 atom stereocenters. The van der Waals surface area contributed by atoms with Crippen molar-refractivity contribution in [3.63, 3.8) is 0 Å². The van der Waals surface area contributed by atoms with Gasteiger partial charge in [0.15, 0.2) is 6.29 Å². The molecule has 0 bridgehead atoms. The van der Waals surface area contributed by atoms with Crippen LogP contribution in [0.15, 0.2) is 0 Å². The Morgan fingerprint density at radius 2 is 2.00 bits per heavy atom. The lowest BCUT2D eigenvalue weighted by Crippen LogP contribution is -2.23. The SMILES string of the molecule is BrCCCOCCCOC1CCCCO1. The molecule has 0 radical (unpaired) electrons. The monoisotopic (exact) mass is 280 g/mol. The number of ether oxygens (including phenoxy) is 3. The zero-order chi connectivity index (χ0) is 10.8. The fraction of sp³-hybridized carbons (Fsp3) is 1.00. The largest absolute Gasteiger partial charge is 0.381 e. The highest BCUT2D eigenvalue weighted by molar-refractivity contribution is 9.09. The maximum absolute atomic E-state index is 5.58. The summed E-state index contributed by atoms with van der Waals surface area (Å²) in [6, 6.07) is 0. The normalized spacial score (nSPS) is 21.8. The van der Waals surface area contributed by atoms with Gasteiger partial charge in [-0.2, -0.15) is 0 Å². The molecule has 0 spiro atoms. The summed E-state index contributed by atoms with van der Waals surface area (Å²) in [4.78, 5) is 0. The average molecular weight is 281 g/mol. The number of rotatable bonds is 8. The minimum absolute atomic E-state index is 0.0429. The molecule has 0 amide bonds. The molecule has 0 saturated carbocycles. The van der Waals surface area contributed by atoms with Gasteiger partial charge in [0.2, 0.25) is 0 Å². The van der Waals surface area contributed by atoms with E-state index in [2.05, 4.69) is 15.9 Å². The van der Waals surface area contributed by atoms with E-state index in [-0.39, 0.29) is 6.29 Å². The van der Waals surface area contributed by atoms with Gasteiger partial charge < -0.3 is 14.2 Å². The molecule has 1 saturated heterocycles. The van der Waals surface area contributed by atoms with Crippen molar-refractivity contribution >= 4 is 15.9 Å². The van der Waals surface area contributed by atoms with Crippen molar-refractivity contribution < 1.29 is 14.2 Å². The van der Waals surface area contributed by atoms with Gasteiger partial charge in [-0.25, -0.2) is 0 Å². The molecule has 4 heteroatoms. The molecule has 0 aromatic rings. The van der Waals surface area contributed by atoms with Crippen LogP contribution in [0.25, 0.3) is 0 Å². The van der Waals surface area contributed by atoms with Crippen LogP contribution < -0.4 is 0 Å². The summed E-state index contributed by atoms with van der Waals surface area (Å²) in [5.74, 6) is 0. The molecule has 3 nitrogen and oxygen atoms in total. The van der Waals surface area contributed by atoms with Crippen molar-refractivity contribution in [1.29, 1.82) is 0 Å². The quantitative estimate of drug-likeness (QED) is 0.506. The predicted molar refractivity (Wildman–Crippen MR) is 63.4 cm³/mol. The summed E-state index contributed by atoms with van der Waals surface area (Å²) >= 11 is 3.36. The average Bonchev–Trinajstić information content (AvgIpc) is 2.29. The van der Waals surface area contributed by atoms with Crippen LogP contribution in [0.3, 0.4) is 0 Å². The van der Waals surface area contributed by atoms with Crippen LogP contribution >= 0.6 is 15.9 Å². The number of alkyl halides is 1. The Hall–Kier alpha value is 0.360. The number of halogens is 1. The van der Waals surface area contributed by atoms with Crippen LogP contribution in [0.5, 0.6) is 0 Å².